The van der Waals surface area contributed by atoms with Crippen molar-refractivity contribution < 1.29 is 8.78 Å². The van der Waals surface area contributed by atoms with Crippen LogP contribution in [0.4, 0.5) is 14.6 Å². The maximum atomic E-state index is 13.8. The Bertz CT molecular complexity index is 575. The summed E-state index contributed by atoms with van der Waals surface area (Å²) in [5.41, 5.74) is 0.295. The molecule has 1 unspecified atom stereocenters. The molecule has 0 radical (unpaired) electrons. The van der Waals surface area contributed by atoms with Crippen LogP contribution in [0.3, 0.4) is 0 Å². The van der Waals surface area contributed by atoms with E-state index in [-0.39, 0.29) is 6.04 Å². The molecule has 2 aromatic rings. The highest BCUT2D eigenvalue weighted by Gasteiger charge is 2.15. The van der Waals surface area contributed by atoms with Gasteiger partial charge in [-0.15, -0.1) is 22.0 Å². The molecule has 0 saturated heterocycles. The molecular formula is C14H15F2N3S. The van der Waals surface area contributed by atoms with Crippen LogP contribution in [0, 0.1) is 11.6 Å². The van der Waals surface area contributed by atoms with Crippen LogP contribution in [-0.2, 0) is 0 Å². The van der Waals surface area contributed by atoms with Crippen LogP contribution in [0.25, 0.3) is 0 Å². The Morgan fingerprint density at radius 1 is 1.20 bits per heavy atom. The summed E-state index contributed by atoms with van der Waals surface area (Å²) < 4.78 is 27.0. The van der Waals surface area contributed by atoms with Crippen molar-refractivity contribution in [2.24, 2.45) is 0 Å². The van der Waals surface area contributed by atoms with E-state index in [0.29, 0.717) is 17.8 Å². The van der Waals surface area contributed by atoms with Gasteiger partial charge in [0.25, 0.3) is 0 Å². The smallest absolute Gasteiger partial charge is 0.149 e. The highest BCUT2D eigenvalue weighted by molar-refractivity contribution is 7.98. The van der Waals surface area contributed by atoms with Crippen LogP contribution in [0.15, 0.2) is 35.4 Å². The highest BCUT2D eigenvalue weighted by atomic mass is 32.2. The van der Waals surface area contributed by atoms with E-state index in [1.54, 1.807) is 6.07 Å². The lowest BCUT2D eigenvalue weighted by molar-refractivity contribution is 0.566. The molecular weight excluding hydrogens is 280 g/mol. The SMILES string of the molecule is CCC(Nc1ccc(SC)nn1)c1cc(F)ccc1F. The lowest BCUT2D eigenvalue weighted by atomic mass is 10.0. The predicted molar refractivity (Wildman–Crippen MR) is 76.8 cm³/mol. The third kappa shape index (κ3) is 3.45. The normalized spacial score (nSPS) is 12.2. The molecule has 1 aromatic carbocycles. The number of halogens is 2. The molecule has 3 nitrogen and oxygen atoms in total. The molecule has 0 amide bonds. The molecule has 106 valence electrons. The van der Waals surface area contributed by atoms with Crippen molar-refractivity contribution in [3.63, 3.8) is 0 Å². The second-order valence-electron chi connectivity index (χ2n) is 4.23. The monoisotopic (exact) mass is 295 g/mol. The first kappa shape index (κ1) is 14.7. The number of hydrogen-bond donors (Lipinski definition) is 1. The number of nitrogens with zero attached hydrogens (tertiary/aromatic N) is 2. The molecule has 1 atom stereocenters. The number of nitrogens with one attached hydrogen (secondary N) is 1. The van der Waals surface area contributed by atoms with Gasteiger partial charge in [0.05, 0.1) is 6.04 Å². The van der Waals surface area contributed by atoms with Gasteiger partial charge in [-0.3, -0.25) is 0 Å². The van der Waals surface area contributed by atoms with E-state index in [1.807, 2.05) is 19.2 Å². The summed E-state index contributed by atoms with van der Waals surface area (Å²) in [4.78, 5) is 0. The average Bonchev–Trinajstić information content (AvgIpc) is 2.48. The van der Waals surface area contributed by atoms with E-state index in [2.05, 4.69) is 15.5 Å². The standard InChI is InChI=1S/C14H15F2N3S/c1-3-12(10-8-9(15)4-5-11(10)16)17-13-6-7-14(20-2)19-18-13/h4-8,12H,3H2,1-2H3,(H,17,18). The Hall–Kier alpha value is -1.69. The first-order chi connectivity index (χ1) is 9.63. The summed E-state index contributed by atoms with van der Waals surface area (Å²) in [6.07, 6.45) is 2.51. The fourth-order valence-corrected chi connectivity index (χ4v) is 2.19. The Morgan fingerprint density at radius 2 is 2.00 bits per heavy atom. The van der Waals surface area contributed by atoms with Crippen LogP contribution in [0.1, 0.15) is 24.9 Å². The first-order valence-corrected chi connectivity index (χ1v) is 7.45. The molecule has 0 fully saturated rings. The van der Waals surface area contributed by atoms with Crippen LogP contribution in [-0.4, -0.2) is 16.5 Å². The van der Waals surface area contributed by atoms with Crippen LogP contribution >= 0.6 is 11.8 Å². The molecule has 0 bridgehead atoms. The number of rotatable bonds is 5. The van der Waals surface area contributed by atoms with Crippen molar-refractivity contribution in [1.82, 2.24) is 10.2 Å². The van der Waals surface area contributed by atoms with Gasteiger partial charge < -0.3 is 5.32 Å². The van der Waals surface area contributed by atoms with Crippen molar-refractivity contribution in [2.45, 2.75) is 24.4 Å². The number of thioether (sulfide) groups is 1. The van der Waals surface area contributed by atoms with Crippen LogP contribution in [0.5, 0.6) is 0 Å². The Balaban J connectivity index is 2.21. The fourth-order valence-electron chi connectivity index (χ4n) is 1.87. The first-order valence-electron chi connectivity index (χ1n) is 6.23. The summed E-state index contributed by atoms with van der Waals surface area (Å²) in [6, 6.07) is 6.71. The van der Waals surface area contributed by atoms with E-state index in [4.69, 9.17) is 0 Å². The minimum Gasteiger partial charge on any atom is -0.362 e. The number of anilines is 1. The van der Waals surface area contributed by atoms with E-state index < -0.39 is 11.6 Å². The maximum Gasteiger partial charge on any atom is 0.149 e. The van der Waals surface area contributed by atoms with Gasteiger partial charge >= 0.3 is 0 Å². The minimum atomic E-state index is -0.453. The second kappa shape index (κ2) is 6.65. The lowest BCUT2D eigenvalue weighted by Gasteiger charge is -2.18. The zero-order valence-corrected chi connectivity index (χ0v) is 12.0. The number of benzene rings is 1. The highest BCUT2D eigenvalue weighted by Crippen LogP contribution is 2.25. The van der Waals surface area contributed by atoms with Crippen molar-refractivity contribution >= 4 is 17.6 Å². The van der Waals surface area contributed by atoms with Crippen molar-refractivity contribution in [3.8, 4) is 0 Å². The zero-order valence-electron chi connectivity index (χ0n) is 11.2. The van der Waals surface area contributed by atoms with Gasteiger partial charge in [0, 0.05) is 5.56 Å². The predicted octanol–water partition coefficient (Wildman–Crippen LogP) is 4.04. The van der Waals surface area contributed by atoms with Crippen molar-refractivity contribution in [1.29, 1.82) is 0 Å². The summed E-state index contributed by atoms with van der Waals surface area (Å²) in [5, 5.41) is 11.9. The van der Waals surface area contributed by atoms with Crippen molar-refractivity contribution in [2.75, 3.05) is 11.6 Å². The Morgan fingerprint density at radius 3 is 2.60 bits per heavy atom. The number of hydrogen-bond acceptors (Lipinski definition) is 4. The molecule has 0 aliphatic carbocycles. The van der Waals surface area contributed by atoms with Gasteiger partial charge in [0.2, 0.25) is 0 Å². The average molecular weight is 295 g/mol. The molecule has 0 spiro atoms. The number of aromatic nitrogens is 2. The van der Waals surface area contributed by atoms with E-state index in [9.17, 15) is 8.78 Å². The maximum absolute atomic E-state index is 13.8. The Kier molecular flexibility index (Phi) is 4.89. The lowest BCUT2D eigenvalue weighted by Crippen LogP contribution is -2.13. The van der Waals surface area contributed by atoms with Gasteiger partial charge in [-0.1, -0.05) is 6.92 Å². The Labute approximate surface area is 120 Å². The third-order valence-electron chi connectivity index (χ3n) is 2.91. The molecule has 1 N–H and O–H groups in total. The van der Waals surface area contributed by atoms with Gasteiger partial charge in [-0.2, -0.15) is 0 Å². The summed E-state index contributed by atoms with van der Waals surface area (Å²) in [5.74, 6) is -0.344. The van der Waals surface area contributed by atoms with Crippen LogP contribution in [0.2, 0.25) is 0 Å². The molecule has 1 heterocycles. The quantitative estimate of drug-likeness (QED) is 0.845. The molecule has 0 aliphatic rings. The van der Waals surface area contributed by atoms with Crippen LogP contribution < -0.4 is 5.32 Å². The van der Waals surface area contributed by atoms with Gasteiger partial charge in [0.15, 0.2) is 0 Å². The minimum absolute atomic E-state index is 0.295. The third-order valence-corrected chi connectivity index (χ3v) is 3.55. The topological polar surface area (TPSA) is 37.8 Å². The molecule has 2 rings (SSSR count). The van der Waals surface area contributed by atoms with Gasteiger partial charge in [-0.25, -0.2) is 8.78 Å². The molecule has 20 heavy (non-hydrogen) atoms. The molecule has 0 saturated carbocycles. The largest absolute Gasteiger partial charge is 0.362 e. The molecule has 1 aromatic heterocycles. The summed E-state index contributed by atoms with van der Waals surface area (Å²) in [7, 11) is 0. The van der Waals surface area contributed by atoms with Gasteiger partial charge in [0.1, 0.15) is 22.5 Å². The fraction of sp³-hybridized carbons (Fsp3) is 0.286. The summed E-state index contributed by atoms with van der Waals surface area (Å²) >= 11 is 1.49. The molecule has 0 aliphatic heterocycles. The molecule has 6 heteroatoms. The second-order valence-corrected chi connectivity index (χ2v) is 5.06. The van der Waals surface area contributed by atoms with E-state index in [1.165, 1.54) is 17.8 Å². The van der Waals surface area contributed by atoms with Gasteiger partial charge in [-0.05, 0) is 43.0 Å². The zero-order chi connectivity index (χ0) is 14.5. The summed E-state index contributed by atoms with van der Waals surface area (Å²) in [6.45, 7) is 1.89. The van der Waals surface area contributed by atoms with Crippen molar-refractivity contribution in [3.05, 3.63) is 47.5 Å². The van der Waals surface area contributed by atoms with E-state index in [0.717, 1.165) is 17.2 Å². The van der Waals surface area contributed by atoms with E-state index >= 15 is 0 Å².